The zero-order chi connectivity index (χ0) is 43.6. The van der Waals surface area contributed by atoms with E-state index in [-0.39, 0.29) is 91.6 Å². The average Bonchev–Trinajstić information content (AvgIpc) is 3.94. The molecule has 9 rings (SSSR count). The molecule has 63 heavy (non-hydrogen) atoms. The molecule has 0 saturated carbocycles. The van der Waals surface area contributed by atoms with Gasteiger partial charge in [0.05, 0.1) is 53.4 Å². The van der Waals surface area contributed by atoms with Gasteiger partial charge in [0.25, 0.3) is 5.91 Å². The van der Waals surface area contributed by atoms with Crippen molar-refractivity contribution >= 4 is 39.7 Å². The number of benzene rings is 2. The van der Waals surface area contributed by atoms with Crippen LogP contribution in [0.1, 0.15) is 32.5 Å². The standard InChI is InChI=1S/C43H44F5N12O2.U/c1-6-62-30(21-57-25(4)52-35-14-27(45)12-31(38(35)57)34-9-10-49-22-50-34)20-55(5)24(3)37-11-23(2)17-58(37)40-32-16-51-60(36-8-7-26(44)13-33(36)46)41(32)54-43(53-40)59-28-15-29(59)19-56(18-28)42(61)39(47)48;/h7-10,12-14,16,23,28-30,37,39H,3,6,11,15,17-21H2,1-2,4-5H3;/q-1;/t23?,28?,29?,30-,37-;/m0./s1. The van der Waals surface area contributed by atoms with E-state index in [1.54, 1.807) is 18.5 Å². The van der Waals surface area contributed by atoms with Gasteiger partial charge in [-0.2, -0.15) is 23.8 Å². The van der Waals surface area contributed by atoms with Gasteiger partial charge in [0.2, 0.25) is 5.95 Å². The number of rotatable bonds is 13. The molecule has 3 saturated heterocycles. The third-order valence-electron chi connectivity index (χ3n) is 12.2. The number of carbonyl (C=O) groups excluding carboxylic acids is 1. The van der Waals surface area contributed by atoms with E-state index in [1.165, 1.54) is 27.8 Å². The molecule has 328 valence electrons. The third kappa shape index (κ3) is 8.25. The van der Waals surface area contributed by atoms with Gasteiger partial charge in [0.15, 0.2) is 11.5 Å². The number of aromatic nitrogens is 8. The number of amides is 1. The van der Waals surface area contributed by atoms with Crippen LogP contribution < -0.4 is 9.80 Å². The molecule has 3 unspecified atom stereocenters. The summed E-state index contributed by atoms with van der Waals surface area (Å²) >= 11 is 0. The largest absolute Gasteiger partial charge is 0.375 e. The molecule has 4 aromatic heterocycles. The van der Waals surface area contributed by atoms with E-state index in [9.17, 15) is 22.4 Å². The average molecular weight is 1090 g/mol. The van der Waals surface area contributed by atoms with Crippen LogP contribution in [0.25, 0.3) is 39.0 Å². The van der Waals surface area contributed by atoms with Gasteiger partial charge in [-0.3, -0.25) is 4.79 Å². The zero-order valence-electron chi connectivity index (χ0n) is 35.0. The second-order valence-corrected chi connectivity index (χ2v) is 16.3. The Hall–Kier alpha value is -5.19. The van der Waals surface area contributed by atoms with E-state index >= 15 is 4.39 Å². The van der Waals surface area contributed by atoms with E-state index in [1.807, 2.05) is 30.4 Å². The quantitative estimate of drug-likeness (QED) is 0.100. The Bertz CT molecular complexity index is 2670. The van der Waals surface area contributed by atoms with Crippen LogP contribution in [-0.2, 0) is 16.1 Å². The molecule has 2 aromatic carbocycles. The minimum Gasteiger partial charge on any atom is -0.375 e. The molecule has 7 heterocycles. The summed E-state index contributed by atoms with van der Waals surface area (Å²) in [4.78, 5) is 42.5. The Labute approximate surface area is 383 Å². The van der Waals surface area contributed by atoms with Gasteiger partial charge >= 0.3 is 6.43 Å². The predicted octanol–water partition coefficient (Wildman–Crippen LogP) is 5.97. The number of likely N-dealkylation sites (N-methyl/N-ethyl adjacent to an activating group) is 1. The first kappa shape index (κ1) is 44.4. The number of hydrogen-bond acceptors (Lipinski definition) is 11. The molecule has 0 aliphatic carbocycles. The van der Waals surface area contributed by atoms with Crippen LogP contribution in [0.3, 0.4) is 0 Å². The maximum atomic E-state index is 15.3. The fraction of sp³-hybridized carbons (Fsp3) is 0.419. The number of halogens is 5. The first-order chi connectivity index (χ1) is 29.8. The Morgan fingerprint density at radius 2 is 1.81 bits per heavy atom. The number of piperidine rings is 1. The van der Waals surface area contributed by atoms with Crippen molar-refractivity contribution in [2.45, 2.75) is 70.8 Å². The smallest absolute Gasteiger partial charge is 0.315 e. The fourth-order valence-corrected chi connectivity index (χ4v) is 9.36. The predicted molar refractivity (Wildman–Crippen MR) is 220 cm³/mol. The van der Waals surface area contributed by atoms with Crippen LogP contribution in [-0.4, -0.2) is 125 Å². The molecule has 6 aromatic rings. The number of alkyl halides is 2. The van der Waals surface area contributed by atoms with Crippen molar-refractivity contribution in [2.24, 2.45) is 5.92 Å². The zero-order valence-corrected chi connectivity index (χ0v) is 39.2. The van der Waals surface area contributed by atoms with E-state index in [4.69, 9.17) is 19.7 Å². The normalized spacial score (nSPS) is 20.1. The molecular formula is C43H44F5N12O2U-. The molecule has 0 radical (unpaired) electrons. The van der Waals surface area contributed by atoms with Crippen molar-refractivity contribution in [3.05, 3.63) is 90.7 Å². The van der Waals surface area contributed by atoms with Gasteiger partial charge in [-0.15, -0.1) is 6.07 Å². The second-order valence-electron chi connectivity index (χ2n) is 16.3. The fourth-order valence-electron chi connectivity index (χ4n) is 9.36. The minimum atomic E-state index is -3.10. The van der Waals surface area contributed by atoms with Crippen LogP contribution in [0.5, 0.6) is 0 Å². The number of anilines is 2. The van der Waals surface area contributed by atoms with Gasteiger partial charge in [0, 0.05) is 95.1 Å². The number of imidazole rings is 1. The maximum Gasteiger partial charge on any atom is 0.315 e. The summed E-state index contributed by atoms with van der Waals surface area (Å²) in [7, 11) is 1.95. The first-order valence-corrected chi connectivity index (χ1v) is 20.5. The summed E-state index contributed by atoms with van der Waals surface area (Å²) in [5.74, 6) is -1.54. The monoisotopic (exact) mass is 1090 g/mol. The number of nitrogens with zero attached hydrogens (tertiary/aromatic N) is 12. The second kappa shape index (κ2) is 17.8. The van der Waals surface area contributed by atoms with Crippen LogP contribution in [0.4, 0.5) is 33.7 Å². The Morgan fingerprint density at radius 3 is 2.51 bits per heavy atom. The summed E-state index contributed by atoms with van der Waals surface area (Å²) in [5.41, 5.74) is 3.32. The summed E-state index contributed by atoms with van der Waals surface area (Å²) in [6.45, 7) is 12.5. The van der Waals surface area contributed by atoms with Crippen molar-refractivity contribution in [3.8, 4) is 16.9 Å². The van der Waals surface area contributed by atoms with Crippen LogP contribution in [0, 0.1) is 67.7 Å². The summed E-state index contributed by atoms with van der Waals surface area (Å²) in [6.07, 6.45) is 3.63. The van der Waals surface area contributed by atoms with Crippen LogP contribution >= 0.6 is 0 Å². The molecular weight excluding hydrogens is 1050 g/mol. The molecule has 5 atom stereocenters. The molecule has 0 N–H and O–H groups in total. The van der Waals surface area contributed by atoms with Crippen LogP contribution in [0.15, 0.2) is 61.1 Å². The number of carbonyl (C=O) groups is 1. The molecule has 2 bridgehead atoms. The van der Waals surface area contributed by atoms with E-state index in [0.29, 0.717) is 72.0 Å². The Morgan fingerprint density at radius 1 is 1.03 bits per heavy atom. The topological polar surface area (TPSA) is 126 Å². The van der Waals surface area contributed by atoms with Crippen molar-refractivity contribution in [3.63, 3.8) is 0 Å². The minimum absolute atomic E-state index is 0. The molecule has 3 aliphatic heterocycles. The van der Waals surface area contributed by atoms with E-state index < -0.39 is 29.8 Å². The number of hydrogen-bond donors (Lipinski definition) is 0. The van der Waals surface area contributed by atoms with Crippen LogP contribution in [0.2, 0.25) is 0 Å². The molecule has 3 fully saturated rings. The van der Waals surface area contributed by atoms with Crippen molar-refractivity contribution in [1.29, 1.82) is 0 Å². The molecule has 20 heteroatoms. The maximum absolute atomic E-state index is 15.3. The van der Waals surface area contributed by atoms with Crippen molar-refractivity contribution in [1.82, 2.24) is 49.1 Å². The van der Waals surface area contributed by atoms with Gasteiger partial charge in [0.1, 0.15) is 29.0 Å². The number of fused-ring (bicyclic) bond motifs is 4. The summed E-state index contributed by atoms with van der Waals surface area (Å²) < 4.78 is 80.7. The van der Waals surface area contributed by atoms with E-state index in [0.717, 1.165) is 24.3 Å². The summed E-state index contributed by atoms with van der Waals surface area (Å²) in [5, 5.41) is 5.04. The molecule has 0 spiro atoms. The SMILES string of the molecule is C=C([C@@H]1CC(C)CN1c1nc(N2C3CC2CN(C(=O)C(F)F)C3)nc2c1cnn2-c1ccc(F)cc1F)N(C)C[C@@H](Cn1c(C)nc2cc(F)cc(-c3ccn[c-]n3)c21)OCC.[U]. The van der Waals surface area contributed by atoms with Gasteiger partial charge in [-0.25, -0.2) is 22.8 Å². The number of likely N-dealkylation sites (tertiary alicyclic amines) is 1. The van der Waals surface area contributed by atoms with Gasteiger partial charge < -0.3 is 38.9 Å². The number of aryl methyl sites for hydroxylation is 1. The first-order valence-electron chi connectivity index (χ1n) is 20.5. The molecule has 3 aliphatic rings. The third-order valence-corrected chi connectivity index (χ3v) is 12.2. The van der Waals surface area contributed by atoms with E-state index in [2.05, 4.69) is 44.7 Å². The Balaban J connectivity index is 0.00000544. The molecule has 14 nitrogen and oxygen atoms in total. The number of ether oxygens (including phenoxy) is 1. The Kier molecular flexibility index (Phi) is 12.5. The summed E-state index contributed by atoms with van der Waals surface area (Å²) in [6, 6.07) is 6.87. The van der Waals surface area contributed by atoms with Gasteiger partial charge in [-0.05, 0) is 62.1 Å². The molecule has 1 amide bonds. The number of piperazine rings is 1. The van der Waals surface area contributed by atoms with Gasteiger partial charge in [-0.1, -0.05) is 19.7 Å². The van der Waals surface area contributed by atoms with Crippen molar-refractivity contribution < 1.29 is 62.6 Å². The van der Waals surface area contributed by atoms with Crippen molar-refractivity contribution in [2.75, 3.05) is 49.6 Å².